The second-order valence-corrected chi connectivity index (χ2v) is 33.3. The van der Waals surface area contributed by atoms with Crippen LogP contribution < -0.4 is 21.7 Å². The third kappa shape index (κ3) is 24.3. The molecule has 754 valence electrons. The third-order valence-electron chi connectivity index (χ3n) is 22.8. The normalized spacial score (nSPS) is 45.6. The summed E-state index contributed by atoms with van der Waals surface area (Å²) in [6, 6.07) is -5.88. The zero-order chi connectivity index (χ0) is 96.7. The number of carboxylic acid groups (broad SMARTS) is 2. The molecule has 0 radical (unpaired) electrons. The highest BCUT2D eigenvalue weighted by atomic mass is 31.2. The minimum Gasteiger partial charge on any atom is -0.477 e. The van der Waals surface area contributed by atoms with Gasteiger partial charge in [-0.2, -0.15) is 0 Å². The second-order valence-electron chi connectivity index (χ2n) is 31.9. The lowest BCUT2D eigenvalue weighted by molar-refractivity contribution is -0.415. The van der Waals surface area contributed by atoms with Gasteiger partial charge in [-0.1, -0.05) is 0 Å². The van der Waals surface area contributed by atoms with E-state index in [1.165, 1.54) is 0 Å². The lowest BCUT2D eigenvalue weighted by Crippen LogP contribution is -2.71. The van der Waals surface area contributed by atoms with E-state index in [1.807, 2.05) is 0 Å². The maximum atomic E-state index is 13.9. The lowest BCUT2D eigenvalue weighted by atomic mass is 9.88. The van der Waals surface area contributed by atoms with Gasteiger partial charge in [0.25, 0.3) is 11.6 Å². The van der Waals surface area contributed by atoms with Crippen LogP contribution in [0.5, 0.6) is 0 Å². The Labute approximate surface area is 733 Å². The highest BCUT2D eigenvalue weighted by Crippen LogP contribution is 2.50. The maximum Gasteiger partial charge on any atom is 0.472 e. The van der Waals surface area contributed by atoms with Crippen molar-refractivity contribution in [3.05, 3.63) is 0 Å². The Morgan fingerprint density at radius 1 is 0.392 bits per heavy atom. The van der Waals surface area contributed by atoms with Crippen LogP contribution in [0.4, 0.5) is 0 Å². The van der Waals surface area contributed by atoms with Gasteiger partial charge in [0.15, 0.2) is 44.0 Å². The average molecular weight is 1930 g/mol. The van der Waals surface area contributed by atoms with Crippen molar-refractivity contribution in [1.29, 1.82) is 0 Å². The predicted octanol–water partition coefficient (Wildman–Crippen LogP) is -22.3. The first-order valence-corrected chi connectivity index (χ1v) is 41.9. The number of carbonyl (C=O) groups is 5. The first-order valence-electron chi connectivity index (χ1n) is 40.4. The molecule has 0 aromatic carbocycles. The van der Waals surface area contributed by atoms with Crippen LogP contribution >= 0.6 is 7.82 Å². The molecule has 9 aliphatic heterocycles. The molecule has 49 atom stereocenters. The van der Waals surface area contributed by atoms with Crippen molar-refractivity contribution in [1.82, 2.24) is 16.0 Å². The molecule has 9 aliphatic rings. The van der Waals surface area contributed by atoms with Gasteiger partial charge in [0.2, 0.25) is 17.7 Å². The van der Waals surface area contributed by atoms with Crippen LogP contribution in [0.25, 0.3) is 0 Å². The lowest BCUT2D eigenvalue weighted by Gasteiger charge is -2.53. The van der Waals surface area contributed by atoms with Gasteiger partial charge in [-0.3, -0.25) is 23.4 Å². The molecule has 9 fully saturated rings. The van der Waals surface area contributed by atoms with Crippen molar-refractivity contribution in [2.75, 3.05) is 72.6 Å². The Bertz CT molecular complexity index is 3650. The van der Waals surface area contributed by atoms with Gasteiger partial charge in [-0.15, -0.1) is 0 Å². The van der Waals surface area contributed by atoms with E-state index in [-0.39, 0.29) is 0 Å². The topological polar surface area (TPSA) is 967 Å². The van der Waals surface area contributed by atoms with E-state index in [4.69, 9.17) is 95.3 Å². The quantitative estimate of drug-likeness (QED) is 0.0253. The van der Waals surface area contributed by atoms with Gasteiger partial charge in [0, 0.05) is 40.2 Å². The number of rotatable bonds is 40. The van der Waals surface area contributed by atoms with E-state index in [9.17, 15) is 187 Å². The number of phosphoric acid groups is 1. The zero-order valence-corrected chi connectivity index (χ0v) is 69.7. The van der Waals surface area contributed by atoms with Crippen molar-refractivity contribution in [3.63, 3.8) is 0 Å². The van der Waals surface area contributed by atoms with E-state index in [2.05, 4.69) is 16.0 Å². The summed E-state index contributed by atoms with van der Waals surface area (Å²) in [6.45, 7) is -10.6. The number of nitrogens with one attached hydrogen (secondary N) is 3. The molecule has 0 aromatic rings. The molecule has 3 amide bonds. The van der Waals surface area contributed by atoms with Gasteiger partial charge in [0.1, 0.15) is 220 Å². The average Bonchev–Trinajstić information content (AvgIpc) is 0.753. The number of aliphatic hydroxyl groups excluding tert-OH is 27. The first kappa shape index (κ1) is 109. The number of carboxylic acids is 2. The minimum atomic E-state index is -5.73. The first-order chi connectivity index (χ1) is 61.1. The maximum absolute atomic E-state index is 13.9. The molecule has 0 bridgehead atoms. The minimum absolute atomic E-state index is 0.520. The summed E-state index contributed by atoms with van der Waals surface area (Å²) in [4.78, 5) is 74.7. The summed E-state index contributed by atoms with van der Waals surface area (Å²) < 4.78 is 124. The summed E-state index contributed by atoms with van der Waals surface area (Å²) in [5, 5.41) is 342. The molecule has 0 aliphatic carbocycles. The number of nitrogens with two attached hydrogens (primary N) is 1. The number of amides is 3. The third-order valence-corrected chi connectivity index (χ3v) is 23.8. The summed E-state index contributed by atoms with van der Waals surface area (Å²) in [5.74, 6) is -14.0. The van der Waals surface area contributed by atoms with Crippen molar-refractivity contribution in [2.24, 2.45) is 5.73 Å². The number of aliphatic hydroxyl groups is 28. The van der Waals surface area contributed by atoms with Crippen LogP contribution in [0, 0.1) is 0 Å². The Morgan fingerprint density at radius 3 is 1.32 bits per heavy atom. The Morgan fingerprint density at radius 2 is 0.808 bits per heavy atom. The number of phosphoric ester groups is 1. The molecule has 61 heteroatoms. The number of aliphatic carboxylic acids is 2. The molecule has 9 saturated heterocycles. The largest absolute Gasteiger partial charge is 0.477 e. The summed E-state index contributed by atoms with van der Waals surface area (Å²) in [5.41, 5.74) is 5.51. The second kappa shape index (κ2) is 46.8. The van der Waals surface area contributed by atoms with Crippen LogP contribution in [0.2, 0.25) is 0 Å². The molecule has 36 N–H and O–H groups in total. The number of ether oxygens (including phenoxy) is 17. The van der Waals surface area contributed by atoms with Gasteiger partial charge < -0.3 is 260 Å². The summed E-state index contributed by atoms with van der Waals surface area (Å²) >= 11 is 0. The van der Waals surface area contributed by atoms with Gasteiger partial charge in [-0.25, -0.2) is 14.2 Å². The number of carbonyl (C=O) groups excluding carboxylic acids is 3. The number of hydrogen-bond acceptors (Lipinski definition) is 54. The molecule has 0 aromatic heterocycles. The fourth-order valence-electron chi connectivity index (χ4n) is 16.2. The van der Waals surface area contributed by atoms with Crippen molar-refractivity contribution in [2.45, 2.75) is 327 Å². The molecule has 0 saturated carbocycles. The zero-order valence-electron chi connectivity index (χ0n) is 68.8. The standard InChI is InChI=1S/C69H117N4O56P/c1-17(83)71-31-20(86)7-69(67(106)107,127-52(31)34(92)22(88)8-74)128-54-37(95)28(14-80)114-63(44(54)102)120-50-29(15-81)115-60(33(39(50)97)73-19(3)85)122-53-36(94)27(13-79)113-62(43(53)101)121-51-30(16-82)116-61(41(99)40(51)98)124-57-48(24(90)10-76)119-64(118-47-21(87)6-68(108,66(104)105)126-49(47)25(91)11-77)45(103)55(57)123-65-58(125-59-32(72-18(2)84)38(96)35(93)26(12-78)112-59)56(129-130(109,110)111-5-4-70)42(100)46(117-65)23(89)9-75/h20-65,74-82,86-103,108H,4-16,70H2,1-3H3,(H,71,83)(H,72,84)(H,73,85)(H,104,105)(H,106,107)(H,109,110)/t20-,21+,22+,23-,24-,25+,26+,27+,28+,29+,30+,31+,32+,33+,34+,35+,36-,37-,38+,39+,40+,41+,42+,43+,44+,45-,46+,47+,48+,49+,50+,51+,52+,53-,54-,55+,56-,57+,58-,59+,60-,61-,62-,63-,64-,65+,68+,69-/m0/s1. The molecule has 9 rings (SSSR count). The summed E-state index contributed by atoms with van der Waals surface area (Å²) in [6.07, 6.45) is -106. The van der Waals surface area contributed by atoms with Crippen LogP contribution in [0.3, 0.4) is 0 Å². The summed E-state index contributed by atoms with van der Waals surface area (Å²) in [7, 11) is -5.73. The SMILES string of the molecule is CC(=O)N[C@H]1[C@H](O[C@H]2[C@@H](O)[C@@H](CO)O[C@@H](O[C@H]3[C@H](O)[C@@H](O)[C@H](O[C@H]4[C@H](O[C@H]5O[C@H]([C@@H](O)CO)[C@@H](O)[C@H](OP(=O)(O)OCCN)[C@@H]5O[C@H]5O[C@H](CO)[C@@H](O)[C@H](O)[C@H]5NC(C)=O)[C@H](O)[C@@H](O[C@H]5[C@@H]([C@H](O)CO)O[C@@](O)(C(=O)O)C[C@H]5O)O[C@@H]4[C@@H](O)CO)O[C@@H]3CO)[C@@H]2O)O[C@H](CO)[C@@H](O[C@@H]2O[C@H](CO)[C@H](O)[C@H](O[C@]3(C(=O)O)C[C@H](O)[C@@H](NC(C)=O)[C@H]([C@H](O)[C@H](O)CO)O3)[C@H]2O)[C@@H]1O. The number of hydrogen-bond donors (Lipinski definition) is 35. The van der Waals surface area contributed by atoms with Crippen molar-refractivity contribution >= 4 is 37.5 Å². The smallest absolute Gasteiger partial charge is 0.472 e. The van der Waals surface area contributed by atoms with Crippen LogP contribution in [0.15, 0.2) is 0 Å². The molecule has 130 heavy (non-hydrogen) atoms. The Kier molecular flexibility index (Phi) is 39.4. The van der Waals surface area contributed by atoms with Gasteiger partial charge >= 0.3 is 19.8 Å². The van der Waals surface area contributed by atoms with Crippen LogP contribution in [0.1, 0.15) is 33.6 Å². The molecular formula is C69H117N4O56P. The van der Waals surface area contributed by atoms with E-state index in [1.54, 1.807) is 0 Å². The van der Waals surface area contributed by atoms with Crippen LogP contribution in [-0.4, -0.2) is 554 Å². The monoisotopic (exact) mass is 1930 g/mol. The highest BCUT2D eigenvalue weighted by molar-refractivity contribution is 7.47. The van der Waals surface area contributed by atoms with Crippen molar-refractivity contribution < 1.29 is 276 Å². The molecule has 9 heterocycles. The van der Waals surface area contributed by atoms with E-state index < -0.39 is 416 Å². The molecule has 1 unspecified atom stereocenters. The fourth-order valence-corrected chi connectivity index (χ4v) is 17.1. The molecular weight excluding hydrogens is 1810 g/mol. The Balaban J connectivity index is 1.03. The van der Waals surface area contributed by atoms with Crippen molar-refractivity contribution in [3.8, 4) is 0 Å². The predicted molar refractivity (Wildman–Crippen MR) is 396 cm³/mol. The van der Waals surface area contributed by atoms with Crippen LogP contribution in [-0.2, 0) is 118 Å². The van der Waals surface area contributed by atoms with Gasteiger partial charge in [-0.05, 0) is 0 Å². The van der Waals surface area contributed by atoms with E-state index >= 15 is 0 Å². The van der Waals surface area contributed by atoms with E-state index in [0.29, 0.717) is 0 Å². The molecule has 0 spiro atoms. The highest BCUT2D eigenvalue weighted by Gasteiger charge is 2.66. The van der Waals surface area contributed by atoms with Gasteiger partial charge in [0.05, 0.1) is 84.3 Å². The van der Waals surface area contributed by atoms with E-state index in [0.717, 1.165) is 20.8 Å². The fraction of sp³-hybridized carbons (Fsp3) is 0.928. The Hall–Kier alpha value is -4.38. The molecule has 60 nitrogen and oxygen atoms in total.